The van der Waals surface area contributed by atoms with E-state index in [0.29, 0.717) is 18.8 Å². The normalized spacial score (nSPS) is 36.7. The van der Waals surface area contributed by atoms with Gasteiger partial charge in [0, 0.05) is 0 Å². The fourth-order valence-corrected chi connectivity index (χ4v) is 2.59. The lowest BCUT2D eigenvalue weighted by atomic mass is 9.72. The van der Waals surface area contributed by atoms with Crippen molar-refractivity contribution in [1.82, 2.24) is 0 Å². The number of carbonyl (C=O) groups is 1. The summed E-state index contributed by atoms with van der Waals surface area (Å²) in [6.07, 6.45) is 1.82. The largest absolute Gasteiger partial charge is 0.481 e. The van der Waals surface area contributed by atoms with Crippen molar-refractivity contribution in [2.75, 3.05) is 0 Å². The van der Waals surface area contributed by atoms with Crippen LogP contribution in [0.25, 0.3) is 0 Å². The summed E-state index contributed by atoms with van der Waals surface area (Å²) in [5, 5.41) is 18.8. The standard InChI is InChI=1S/C11H20O3/c1-7-4-5-11(6-7,10(13)14)8(2)9(3)12/h7-9,12H,4-6H2,1-3H3,(H,13,14). The average molecular weight is 200 g/mol. The second-order valence-electron chi connectivity index (χ2n) is 4.84. The molecule has 0 saturated heterocycles. The monoisotopic (exact) mass is 200 g/mol. The zero-order valence-corrected chi connectivity index (χ0v) is 9.16. The Morgan fingerprint density at radius 1 is 1.50 bits per heavy atom. The van der Waals surface area contributed by atoms with Gasteiger partial charge < -0.3 is 10.2 Å². The van der Waals surface area contributed by atoms with Gasteiger partial charge in [0.2, 0.25) is 0 Å². The van der Waals surface area contributed by atoms with E-state index in [-0.39, 0.29) is 5.92 Å². The van der Waals surface area contributed by atoms with Gasteiger partial charge in [0.25, 0.3) is 0 Å². The van der Waals surface area contributed by atoms with Crippen LogP contribution in [0.15, 0.2) is 0 Å². The second-order valence-corrected chi connectivity index (χ2v) is 4.84. The Labute approximate surface area is 85.1 Å². The highest BCUT2D eigenvalue weighted by molar-refractivity contribution is 5.75. The molecule has 0 aromatic rings. The molecule has 0 aliphatic heterocycles. The van der Waals surface area contributed by atoms with Gasteiger partial charge in [0.1, 0.15) is 0 Å². The van der Waals surface area contributed by atoms with Gasteiger partial charge in [-0.25, -0.2) is 0 Å². The molecule has 0 radical (unpaired) electrons. The third-order valence-electron chi connectivity index (χ3n) is 3.82. The lowest BCUT2D eigenvalue weighted by Crippen LogP contribution is -2.40. The van der Waals surface area contributed by atoms with Crippen LogP contribution < -0.4 is 0 Å². The number of aliphatic hydroxyl groups is 1. The van der Waals surface area contributed by atoms with Gasteiger partial charge in [0.15, 0.2) is 0 Å². The van der Waals surface area contributed by atoms with E-state index in [9.17, 15) is 15.0 Å². The molecule has 3 heteroatoms. The molecule has 1 saturated carbocycles. The summed E-state index contributed by atoms with van der Waals surface area (Å²) in [6.45, 7) is 5.61. The van der Waals surface area contributed by atoms with Gasteiger partial charge in [-0.2, -0.15) is 0 Å². The maximum atomic E-state index is 11.3. The van der Waals surface area contributed by atoms with Crippen LogP contribution in [0.3, 0.4) is 0 Å². The molecule has 0 bridgehead atoms. The minimum Gasteiger partial charge on any atom is -0.481 e. The van der Waals surface area contributed by atoms with E-state index in [1.165, 1.54) is 0 Å². The number of hydrogen-bond donors (Lipinski definition) is 2. The number of aliphatic hydroxyl groups excluding tert-OH is 1. The maximum Gasteiger partial charge on any atom is 0.310 e. The fraction of sp³-hybridized carbons (Fsp3) is 0.909. The fourth-order valence-electron chi connectivity index (χ4n) is 2.59. The Kier molecular flexibility index (Phi) is 3.20. The van der Waals surface area contributed by atoms with Crippen molar-refractivity contribution in [2.45, 2.75) is 46.1 Å². The number of carboxylic acid groups (broad SMARTS) is 1. The molecule has 1 fully saturated rings. The zero-order chi connectivity index (χ0) is 10.9. The smallest absolute Gasteiger partial charge is 0.310 e. The molecule has 0 spiro atoms. The maximum absolute atomic E-state index is 11.3. The Bertz CT molecular complexity index is 225. The van der Waals surface area contributed by atoms with Crippen LogP contribution >= 0.6 is 0 Å². The molecule has 14 heavy (non-hydrogen) atoms. The highest BCUT2D eigenvalue weighted by atomic mass is 16.4. The van der Waals surface area contributed by atoms with Gasteiger partial charge in [-0.1, -0.05) is 13.8 Å². The van der Waals surface area contributed by atoms with Crippen LogP contribution in [0.1, 0.15) is 40.0 Å². The Hall–Kier alpha value is -0.570. The molecular weight excluding hydrogens is 180 g/mol. The summed E-state index contributed by atoms with van der Waals surface area (Å²) in [5.74, 6) is -0.437. The van der Waals surface area contributed by atoms with Gasteiger partial charge >= 0.3 is 5.97 Å². The van der Waals surface area contributed by atoms with E-state index in [4.69, 9.17) is 0 Å². The van der Waals surface area contributed by atoms with Crippen molar-refractivity contribution in [2.24, 2.45) is 17.3 Å². The Morgan fingerprint density at radius 3 is 2.36 bits per heavy atom. The van der Waals surface area contributed by atoms with Gasteiger partial charge in [-0.05, 0) is 38.0 Å². The molecule has 4 unspecified atom stereocenters. The first-order valence-electron chi connectivity index (χ1n) is 5.31. The molecule has 3 nitrogen and oxygen atoms in total. The van der Waals surface area contributed by atoms with E-state index in [2.05, 4.69) is 6.92 Å². The number of rotatable bonds is 3. The van der Waals surface area contributed by atoms with Crippen molar-refractivity contribution in [3.63, 3.8) is 0 Å². The second kappa shape index (κ2) is 3.89. The molecule has 0 heterocycles. The van der Waals surface area contributed by atoms with E-state index in [1.807, 2.05) is 6.92 Å². The predicted octanol–water partition coefficient (Wildman–Crippen LogP) is 1.89. The van der Waals surface area contributed by atoms with E-state index < -0.39 is 17.5 Å². The van der Waals surface area contributed by atoms with Crippen molar-refractivity contribution in [3.05, 3.63) is 0 Å². The molecule has 0 aromatic heterocycles. The lowest BCUT2D eigenvalue weighted by Gasteiger charge is -2.33. The summed E-state index contributed by atoms with van der Waals surface area (Å²) in [6, 6.07) is 0. The van der Waals surface area contributed by atoms with Gasteiger partial charge in [-0.15, -0.1) is 0 Å². The number of hydrogen-bond acceptors (Lipinski definition) is 2. The van der Waals surface area contributed by atoms with E-state index >= 15 is 0 Å². The highest BCUT2D eigenvalue weighted by Gasteiger charge is 2.49. The summed E-state index contributed by atoms with van der Waals surface area (Å²) in [7, 11) is 0. The molecule has 4 atom stereocenters. The molecular formula is C11H20O3. The van der Waals surface area contributed by atoms with Gasteiger partial charge in [-0.3, -0.25) is 4.79 Å². The molecule has 0 aromatic carbocycles. The van der Waals surface area contributed by atoms with Crippen molar-refractivity contribution in [1.29, 1.82) is 0 Å². The first kappa shape index (κ1) is 11.5. The van der Waals surface area contributed by atoms with Crippen LogP contribution in [0, 0.1) is 17.3 Å². The van der Waals surface area contributed by atoms with Crippen molar-refractivity contribution < 1.29 is 15.0 Å². The molecule has 82 valence electrons. The first-order valence-corrected chi connectivity index (χ1v) is 5.31. The minimum atomic E-state index is -0.741. The van der Waals surface area contributed by atoms with E-state index in [1.54, 1.807) is 6.92 Å². The van der Waals surface area contributed by atoms with Crippen molar-refractivity contribution in [3.8, 4) is 0 Å². The quantitative estimate of drug-likeness (QED) is 0.731. The van der Waals surface area contributed by atoms with Crippen LogP contribution in [0.4, 0.5) is 0 Å². The molecule has 2 N–H and O–H groups in total. The van der Waals surface area contributed by atoms with Crippen LogP contribution in [-0.4, -0.2) is 22.3 Å². The number of carboxylic acids is 1. The number of aliphatic carboxylic acids is 1. The molecule has 1 rings (SSSR count). The third kappa shape index (κ3) is 1.78. The SMILES string of the molecule is CC1CCC(C(=O)O)(C(C)C(C)O)C1. The lowest BCUT2D eigenvalue weighted by molar-refractivity contribution is -0.155. The Balaban J connectivity index is 2.89. The Morgan fingerprint density at radius 2 is 2.07 bits per heavy atom. The van der Waals surface area contributed by atoms with Crippen LogP contribution in [-0.2, 0) is 4.79 Å². The summed E-state index contributed by atoms with van der Waals surface area (Å²) in [5.41, 5.74) is -0.687. The van der Waals surface area contributed by atoms with Gasteiger partial charge in [0.05, 0.1) is 11.5 Å². The third-order valence-corrected chi connectivity index (χ3v) is 3.82. The van der Waals surface area contributed by atoms with Crippen LogP contribution in [0.5, 0.6) is 0 Å². The van der Waals surface area contributed by atoms with E-state index in [0.717, 1.165) is 6.42 Å². The summed E-state index contributed by atoms with van der Waals surface area (Å²) >= 11 is 0. The molecule has 1 aliphatic carbocycles. The summed E-state index contributed by atoms with van der Waals surface area (Å²) in [4.78, 5) is 11.3. The molecule has 1 aliphatic rings. The van der Waals surface area contributed by atoms with Crippen molar-refractivity contribution >= 4 is 5.97 Å². The minimum absolute atomic E-state index is 0.162. The summed E-state index contributed by atoms with van der Waals surface area (Å²) < 4.78 is 0. The predicted molar refractivity (Wildman–Crippen MR) is 53.9 cm³/mol. The zero-order valence-electron chi connectivity index (χ0n) is 9.16. The average Bonchev–Trinajstić information content (AvgIpc) is 2.47. The van der Waals surface area contributed by atoms with Crippen LogP contribution in [0.2, 0.25) is 0 Å². The first-order chi connectivity index (χ1) is 6.40. The molecule has 0 amide bonds. The highest BCUT2D eigenvalue weighted by Crippen LogP contribution is 2.48. The topological polar surface area (TPSA) is 57.5 Å².